The van der Waals surface area contributed by atoms with Crippen molar-refractivity contribution in [1.82, 2.24) is 15.1 Å². The van der Waals surface area contributed by atoms with Crippen molar-refractivity contribution >= 4 is 11.7 Å². The number of rotatable bonds is 3. The summed E-state index contributed by atoms with van der Waals surface area (Å²) in [5.41, 5.74) is 0. The molecule has 2 heterocycles. The van der Waals surface area contributed by atoms with Gasteiger partial charge in [0, 0.05) is 12.1 Å². The van der Waals surface area contributed by atoms with Crippen LogP contribution in [0, 0.1) is 0 Å². The zero-order valence-electron chi connectivity index (χ0n) is 8.38. The number of hydrogen-bond acceptors (Lipinski definition) is 6. The number of carbonyl (C=O) groups is 1. The van der Waals surface area contributed by atoms with E-state index in [1.165, 1.54) is 31.8 Å². The fourth-order valence-corrected chi connectivity index (χ4v) is 1.03. The average Bonchev–Trinajstić information content (AvgIpc) is 2.83. The van der Waals surface area contributed by atoms with E-state index >= 15 is 0 Å². The summed E-state index contributed by atoms with van der Waals surface area (Å²) in [6.07, 6.45) is 2.67. The summed E-state index contributed by atoms with van der Waals surface area (Å²) in [7, 11) is 1.48. The Kier molecular flexibility index (Phi) is 2.77. The van der Waals surface area contributed by atoms with Crippen LogP contribution >= 0.6 is 0 Å². The molecule has 0 saturated carbocycles. The van der Waals surface area contributed by atoms with E-state index in [0.29, 0.717) is 11.7 Å². The van der Waals surface area contributed by atoms with Gasteiger partial charge in [-0.2, -0.15) is 0 Å². The van der Waals surface area contributed by atoms with Crippen LogP contribution in [0.4, 0.5) is 5.82 Å². The van der Waals surface area contributed by atoms with Gasteiger partial charge in [0.15, 0.2) is 0 Å². The van der Waals surface area contributed by atoms with Gasteiger partial charge in [-0.05, 0) is 0 Å². The van der Waals surface area contributed by atoms with Crippen LogP contribution in [0.15, 0.2) is 29.2 Å². The molecule has 1 amide bonds. The smallest absolute Gasteiger partial charge is 0.295 e. The topological polar surface area (TPSA) is 90.1 Å². The Hall–Kier alpha value is -2.44. The molecule has 0 unspecified atom stereocenters. The fourth-order valence-electron chi connectivity index (χ4n) is 1.03. The van der Waals surface area contributed by atoms with Crippen LogP contribution in [0.1, 0.15) is 10.6 Å². The summed E-state index contributed by atoms with van der Waals surface area (Å²) in [5, 5.41) is 5.94. The molecule has 0 atom stereocenters. The van der Waals surface area contributed by atoms with Crippen molar-refractivity contribution in [3.8, 4) is 5.88 Å². The molecule has 0 aliphatic rings. The Morgan fingerprint density at radius 3 is 3.06 bits per heavy atom. The number of amides is 1. The lowest BCUT2D eigenvalue weighted by atomic mass is 10.4. The Morgan fingerprint density at radius 1 is 1.50 bits per heavy atom. The van der Waals surface area contributed by atoms with Gasteiger partial charge in [-0.1, -0.05) is 5.16 Å². The first-order chi connectivity index (χ1) is 7.79. The molecule has 2 aromatic rings. The van der Waals surface area contributed by atoms with Gasteiger partial charge in [-0.15, -0.1) is 0 Å². The molecule has 0 aromatic carbocycles. The highest BCUT2D eigenvalue weighted by Crippen LogP contribution is 2.11. The van der Waals surface area contributed by atoms with Crippen molar-refractivity contribution < 1.29 is 14.1 Å². The number of anilines is 1. The molecule has 82 valence electrons. The summed E-state index contributed by atoms with van der Waals surface area (Å²) in [6.45, 7) is 0. The molecule has 0 saturated heterocycles. The van der Waals surface area contributed by atoms with Crippen molar-refractivity contribution in [2.75, 3.05) is 12.4 Å². The monoisotopic (exact) mass is 220 g/mol. The molecular formula is C9H8N4O3. The van der Waals surface area contributed by atoms with Gasteiger partial charge in [-0.25, -0.2) is 9.97 Å². The highest BCUT2D eigenvalue weighted by molar-refractivity contribution is 6.01. The molecule has 16 heavy (non-hydrogen) atoms. The molecule has 0 aliphatic heterocycles. The molecule has 0 aliphatic carbocycles. The Balaban J connectivity index is 2.12. The van der Waals surface area contributed by atoms with Gasteiger partial charge in [0.05, 0.1) is 13.3 Å². The number of carbonyl (C=O) groups excluding carboxylic acids is 1. The van der Waals surface area contributed by atoms with Crippen LogP contribution in [-0.2, 0) is 0 Å². The zero-order chi connectivity index (χ0) is 11.4. The third-order valence-electron chi connectivity index (χ3n) is 1.75. The number of nitrogens with zero attached hydrogens (tertiary/aromatic N) is 3. The maximum absolute atomic E-state index is 11.5. The van der Waals surface area contributed by atoms with Crippen LogP contribution in [0.3, 0.4) is 0 Å². The van der Waals surface area contributed by atoms with Gasteiger partial charge in [0.25, 0.3) is 5.91 Å². The molecule has 0 fully saturated rings. The van der Waals surface area contributed by atoms with Crippen molar-refractivity contribution in [3.63, 3.8) is 0 Å². The van der Waals surface area contributed by atoms with E-state index in [1.807, 2.05) is 0 Å². The van der Waals surface area contributed by atoms with Crippen LogP contribution in [0.5, 0.6) is 5.88 Å². The highest BCUT2D eigenvalue weighted by atomic mass is 16.5. The van der Waals surface area contributed by atoms with Crippen LogP contribution in [-0.4, -0.2) is 28.1 Å². The number of aromatic nitrogens is 3. The lowest BCUT2D eigenvalue weighted by molar-refractivity contribution is 0.0987. The standard InChI is InChI=1S/C9H8N4O3/c1-15-8-4-7(10-5-11-8)13-9(14)6-2-3-12-16-6/h2-5H,1H3,(H,10,11,13,14). The minimum absolute atomic E-state index is 0.109. The lowest BCUT2D eigenvalue weighted by Gasteiger charge is -2.02. The van der Waals surface area contributed by atoms with E-state index in [1.54, 1.807) is 0 Å². The molecule has 2 rings (SSSR count). The van der Waals surface area contributed by atoms with Crippen molar-refractivity contribution in [3.05, 3.63) is 30.4 Å². The maximum atomic E-state index is 11.5. The molecule has 2 aromatic heterocycles. The molecule has 1 N–H and O–H groups in total. The third-order valence-corrected chi connectivity index (χ3v) is 1.75. The quantitative estimate of drug-likeness (QED) is 0.819. The van der Waals surface area contributed by atoms with E-state index in [-0.39, 0.29) is 5.76 Å². The molecule has 7 nitrogen and oxygen atoms in total. The van der Waals surface area contributed by atoms with E-state index in [2.05, 4.69) is 25.0 Å². The first-order valence-electron chi connectivity index (χ1n) is 4.37. The minimum atomic E-state index is -0.432. The second-order valence-corrected chi connectivity index (χ2v) is 2.78. The van der Waals surface area contributed by atoms with Gasteiger partial charge in [-0.3, -0.25) is 4.79 Å². The van der Waals surface area contributed by atoms with E-state index < -0.39 is 5.91 Å². The first-order valence-corrected chi connectivity index (χ1v) is 4.37. The SMILES string of the molecule is COc1cc(NC(=O)c2ccno2)ncn1. The molecular weight excluding hydrogens is 212 g/mol. The maximum Gasteiger partial charge on any atom is 0.295 e. The summed E-state index contributed by atoms with van der Waals surface area (Å²) in [5.74, 6) is 0.368. The van der Waals surface area contributed by atoms with Crippen molar-refractivity contribution in [2.24, 2.45) is 0 Å². The normalized spacial score (nSPS) is 9.81. The Bertz CT molecular complexity index is 483. The van der Waals surface area contributed by atoms with E-state index in [4.69, 9.17) is 4.74 Å². The number of nitrogens with one attached hydrogen (secondary N) is 1. The van der Waals surface area contributed by atoms with Gasteiger partial charge >= 0.3 is 0 Å². The van der Waals surface area contributed by atoms with Crippen LogP contribution in [0.2, 0.25) is 0 Å². The van der Waals surface area contributed by atoms with E-state index in [0.717, 1.165) is 0 Å². The molecule has 0 radical (unpaired) electrons. The van der Waals surface area contributed by atoms with Gasteiger partial charge < -0.3 is 14.6 Å². The fraction of sp³-hybridized carbons (Fsp3) is 0.111. The molecule has 0 bridgehead atoms. The van der Waals surface area contributed by atoms with Crippen molar-refractivity contribution in [1.29, 1.82) is 0 Å². The molecule has 7 heteroatoms. The van der Waals surface area contributed by atoms with Crippen LogP contribution in [0.25, 0.3) is 0 Å². The number of ether oxygens (including phenoxy) is 1. The second-order valence-electron chi connectivity index (χ2n) is 2.78. The number of hydrogen-bond donors (Lipinski definition) is 1. The zero-order valence-corrected chi connectivity index (χ0v) is 8.38. The predicted octanol–water partition coefficient (Wildman–Crippen LogP) is 0.725. The van der Waals surface area contributed by atoms with Gasteiger partial charge in [0.2, 0.25) is 11.6 Å². The van der Waals surface area contributed by atoms with E-state index in [9.17, 15) is 4.79 Å². The summed E-state index contributed by atoms with van der Waals surface area (Å²) < 4.78 is 9.58. The number of methoxy groups -OCH3 is 1. The third kappa shape index (κ3) is 2.14. The van der Waals surface area contributed by atoms with Crippen LogP contribution < -0.4 is 10.1 Å². The Morgan fingerprint density at radius 2 is 2.38 bits per heavy atom. The van der Waals surface area contributed by atoms with Gasteiger partial charge in [0.1, 0.15) is 12.1 Å². The first kappa shape index (κ1) is 10.1. The minimum Gasteiger partial charge on any atom is -0.481 e. The summed E-state index contributed by atoms with van der Waals surface area (Å²) in [6, 6.07) is 2.95. The highest BCUT2D eigenvalue weighted by Gasteiger charge is 2.10. The second kappa shape index (κ2) is 4.39. The Labute approximate surface area is 90.4 Å². The largest absolute Gasteiger partial charge is 0.481 e. The molecule has 0 spiro atoms. The summed E-state index contributed by atoms with van der Waals surface area (Å²) >= 11 is 0. The predicted molar refractivity (Wildman–Crippen MR) is 53.0 cm³/mol. The summed E-state index contributed by atoms with van der Waals surface area (Å²) in [4.78, 5) is 19.2. The lowest BCUT2D eigenvalue weighted by Crippen LogP contribution is -2.12. The average molecular weight is 220 g/mol. The van der Waals surface area contributed by atoms with Crippen molar-refractivity contribution in [2.45, 2.75) is 0 Å².